The molecule has 1 heterocycles. The number of rotatable bonds is 3. The lowest BCUT2D eigenvalue weighted by atomic mass is 10.2. The lowest BCUT2D eigenvalue weighted by Crippen LogP contribution is -2.19. The molecule has 0 saturated carbocycles. The van der Waals surface area contributed by atoms with Gasteiger partial charge in [0.15, 0.2) is 0 Å². The van der Waals surface area contributed by atoms with Crippen molar-refractivity contribution in [2.24, 2.45) is 7.05 Å². The van der Waals surface area contributed by atoms with E-state index in [0.29, 0.717) is 0 Å². The van der Waals surface area contributed by atoms with Crippen LogP contribution >= 0.6 is 0 Å². The third-order valence-corrected chi connectivity index (χ3v) is 4.25. The zero-order valence-corrected chi connectivity index (χ0v) is 12.2. The second-order valence-corrected chi connectivity index (χ2v) is 6.27. The van der Waals surface area contributed by atoms with Gasteiger partial charge in [-0.1, -0.05) is 0 Å². The molecule has 0 spiro atoms. The van der Waals surface area contributed by atoms with E-state index in [9.17, 15) is 17.6 Å². The van der Waals surface area contributed by atoms with Gasteiger partial charge in [-0.2, -0.15) is 0 Å². The smallest absolute Gasteiger partial charge is 0.264 e. The average molecular weight is 311 g/mol. The number of hydrogen-bond donors (Lipinski definition) is 2. The van der Waals surface area contributed by atoms with Crippen LogP contribution in [0.4, 0.5) is 15.8 Å². The Hall–Kier alpha value is -2.35. The molecule has 0 atom stereocenters. The maximum Gasteiger partial charge on any atom is 0.264 e. The molecule has 8 heteroatoms. The standard InChI is InChI=1S/C13H14FN3O3S/c1-8-5-9(15)6-11(13(8)14)21(19,20)16-10-3-4-12(18)17(2)7-10/h3-7,16H,15H2,1-2H3. The van der Waals surface area contributed by atoms with E-state index in [0.717, 1.165) is 6.07 Å². The van der Waals surface area contributed by atoms with E-state index in [1.807, 2.05) is 0 Å². The Labute approximate surface area is 121 Å². The van der Waals surface area contributed by atoms with Gasteiger partial charge in [0.05, 0.1) is 5.69 Å². The third kappa shape index (κ3) is 3.05. The van der Waals surface area contributed by atoms with Gasteiger partial charge in [0, 0.05) is 25.0 Å². The van der Waals surface area contributed by atoms with E-state index in [1.165, 1.54) is 42.9 Å². The molecule has 0 unspecified atom stereocenters. The SMILES string of the molecule is Cc1cc(N)cc(S(=O)(=O)Nc2ccc(=O)n(C)c2)c1F. The van der Waals surface area contributed by atoms with Gasteiger partial charge in [0.25, 0.3) is 10.0 Å². The van der Waals surface area contributed by atoms with Gasteiger partial charge in [-0.15, -0.1) is 0 Å². The lowest BCUT2D eigenvalue weighted by Gasteiger charge is -2.11. The number of halogens is 1. The minimum absolute atomic E-state index is 0.135. The summed E-state index contributed by atoms with van der Waals surface area (Å²) in [5.41, 5.74) is 5.70. The minimum Gasteiger partial charge on any atom is -0.399 e. The number of sulfonamides is 1. The summed E-state index contributed by atoms with van der Waals surface area (Å²) in [6, 6.07) is 4.91. The van der Waals surface area contributed by atoms with E-state index in [4.69, 9.17) is 5.73 Å². The molecule has 0 bridgehead atoms. The molecule has 3 N–H and O–H groups in total. The summed E-state index contributed by atoms with van der Waals surface area (Å²) in [5, 5.41) is 0. The van der Waals surface area contributed by atoms with Crippen molar-refractivity contribution < 1.29 is 12.8 Å². The fraction of sp³-hybridized carbons (Fsp3) is 0.154. The van der Waals surface area contributed by atoms with Crippen LogP contribution in [-0.2, 0) is 17.1 Å². The van der Waals surface area contributed by atoms with Crippen molar-refractivity contribution in [1.82, 2.24) is 4.57 Å². The monoisotopic (exact) mass is 311 g/mol. The van der Waals surface area contributed by atoms with Crippen molar-refractivity contribution in [3.63, 3.8) is 0 Å². The van der Waals surface area contributed by atoms with Crippen LogP contribution in [0.15, 0.2) is 40.2 Å². The Balaban J connectivity index is 2.48. The first-order valence-electron chi connectivity index (χ1n) is 5.96. The van der Waals surface area contributed by atoms with Crippen LogP contribution in [0.3, 0.4) is 0 Å². The summed E-state index contributed by atoms with van der Waals surface area (Å²) in [5.74, 6) is -0.860. The van der Waals surface area contributed by atoms with Gasteiger partial charge in [-0.05, 0) is 30.7 Å². The maximum absolute atomic E-state index is 14.0. The van der Waals surface area contributed by atoms with Gasteiger partial charge in [0.2, 0.25) is 5.56 Å². The zero-order chi connectivity index (χ0) is 15.8. The molecule has 2 aromatic rings. The lowest BCUT2D eigenvalue weighted by molar-refractivity contribution is 0.565. The number of hydrogen-bond acceptors (Lipinski definition) is 4. The molecule has 0 saturated heterocycles. The van der Waals surface area contributed by atoms with Gasteiger partial charge < -0.3 is 10.3 Å². The number of aryl methyl sites for hydroxylation is 2. The first-order chi connectivity index (χ1) is 9.70. The second-order valence-electron chi connectivity index (χ2n) is 4.62. The van der Waals surface area contributed by atoms with Crippen molar-refractivity contribution in [3.8, 4) is 0 Å². The largest absolute Gasteiger partial charge is 0.399 e. The molecular formula is C13H14FN3O3S. The van der Waals surface area contributed by atoms with Crippen molar-refractivity contribution >= 4 is 21.4 Å². The summed E-state index contributed by atoms with van der Waals surface area (Å²) >= 11 is 0. The van der Waals surface area contributed by atoms with Gasteiger partial charge >= 0.3 is 0 Å². The van der Waals surface area contributed by atoms with E-state index in [1.54, 1.807) is 0 Å². The summed E-state index contributed by atoms with van der Waals surface area (Å²) in [6.07, 6.45) is 1.30. The van der Waals surface area contributed by atoms with Crippen molar-refractivity contribution in [2.45, 2.75) is 11.8 Å². The van der Waals surface area contributed by atoms with Crippen molar-refractivity contribution in [3.05, 3.63) is 52.2 Å². The topological polar surface area (TPSA) is 94.2 Å². The number of nitrogens with two attached hydrogens (primary N) is 1. The molecule has 21 heavy (non-hydrogen) atoms. The molecule has 2 rings (SSSR count). The van der Waals surface area contributed by atoms with Crippen LogP contribution in [0.5, 0.6) is 0 Å². The first kappa shape index (κ1) is 15.0. The Morgan fingerprint density at radius 3 is 2.57 bits per heavy atom. The van der Waals surface area contributed by atoms with Crippen LogP contribution in [0.25, 0.3) is 0 Å². The van der Waals surface area contributed by atoms with Gasteiger partial charge in [0.1, 0.15) is 10.7 Å². The summed E-state index contributed by atoms with van der Waals surface area (Å²) in [4.78, 5) is 10.7. The van der Waals surface area contributed by atoms with Crippen LogP contribution in [0.2, 0.25) is 0 Å². The molecule has 6 nitrogen and oxygen atoms in total. The predicted octanol–water partition coefficient (Wildman–Crippen LogP) is 1.22. The predicted molar refractivity (Wildman–Crippen MR) is 78.0 cm³/mol. The number of nitrogen functional groups attached to an aromatic ring is 1. The molecular weight excluding hydrogens is 297 g/mol. The number of pyridine rings is 1. The molecule has 0 aliphatic carbocycles. The summed E-state index contributed by atoms with van der Waals surface area (Å²) < 4.78 is 41.9. The first-order valence-corrected chi connectivity index (χ1v) is 7.44. The number of nitrogens with zero attached hydrogens (tertiary/aromatic N) is 1. The van der Waals surface area contributed by atoms with Gasteiger partial charge in [-0.3, -0.25) is 9.52 Å². The Morgan fingerprint density at radius 2 is 1.95 bits per heavy atom. The summed E-state index contributed by atoms with van der Waals surface area (Å²) in [7, 11) is -2.66. The Morgan fingerprint density at radius 1 is 1.29 bits per heavy atom. The fourth-order valence-corrected chi connectivity index (χ4v) is 3.05. The Kier molecular flexibility index (Phi) is 3.73. The highest BCUT2D eigenvalue weighted by Crippen LogP contribution is 2.23. The van der Waals surface area contributed by atoms with E-state index in [2.05, 4.69) is 4.72 Å². The van der Waals surface area contributed by atoms with Crippen molar-refractivity contribution in [1.29, 1.82) is 0 Å². The van der Waals surface area contributed by atoms with Crippen LogP contribution in [0.1, 0.15) is 5.56 Å². The van der Waals surface area contributed by atoms with Crippen LogP contribution in [-0.4, -0.2) is 13.0 Å². The molecule has 0 aliphatic heterocycles. The number of benzene rings is 1. The van der Waals surface area contributed by atoms with E-state index >= 15 is 0 Å². The number of aromatic nitrogens is 1. The molecule has 0 fully saturated rings. The number of anilines is 2. The second kappa shape index (κ2) is 5.21. The van der Waals surface area contributed by atoms with Crippen molar-refractivity contribution in [2.75, 3.05) is 10.5 Å². The molecule has 0 aliphatic rings. The molecule has 1 aromatic heterocycles. The fourth-order valence-electron chi connectivity index (χ4n) is 1.82. The quantitative estimate of drug-likeness (QED) is 0.833. The minimum atomic E-state index is -4.14. The Bertz CT molecular complexity index is 859. The molecule has 1 aromatic carbocycles. The summed E-state index contributed by atoms with van der Waals surface area (Å²) in [6.45, 7) is 1.43. The molecule has 0 amide bonds. The highest BCUT2D eigenvalue weighted by Gasteiger charge is 2.21. The molecule has 112 valence electrons. The van der Waals surface area contributed by atoms with Crippen LogP contribution in [0, 0.1) is 12.7 Å². The number of nitrogens with one attached hydrogen (secondary N) is 1. The average Bonchev–Trinajstić information content (AvgIpc) is 2.37. The highest BCUT2D eigenvalue weighted by molar-refractivity contribution is 7.92. The highest BCUT2D eigenvalue weighted by atomic mass is 32.2. The van der Waals surface area contributed by atoms with E-state index < -0.39 is 20.7 Å². The maximum atomic E-state index is 14.0. The van der Waals surface area contributed by atoms with Gasteiger partial charge in [-0.25, -0.2) is 12.8 Å². The third-order valence-electron chi connectivity index (χ3n) is 2.87. The normalized spacial score (nSPS) is 11.4. The van der Waals surface area contributed by atoms with E-state index in [-0.39, 0.29) is 22.5 Å². The molecule has 0 radical (unpaired) electrons. The van der Waals surface area contributed by atoms with Crippen LogP contribution < -0.4 is 16.0 Å². The zero-order valence-electron chi connectivity index (χ0n) is 11.4.